The number of rotatable bonds is 7. The summed E-state index contributed by atoms with van der Waals surface area (Å²) in [6.07, 6.45) is 3.12. The highest BCUT2D eigenvalue weighted by Crippen LogP contribution is 2.46. The first-order valence-corrected chi connectivity index (χ1v) is 8.32. The zero-order valence-corrected chi connectivity index (χ0v) is 13.8. The van der Waals surface area contributed by atoms with Gasteiger partial charge < -0.3 is 10.6 Å². The Morgan fingerprint density at radius 3 is 2.44 bits per heavy atom. The number of benzene rings is 1. The van der Waals surface area contributed by atoms with E-state index in [-0.39, 0.29) is 17.6 Å². The summed E-state index contributed by atoms with van der Waals surface area (Å²) >= 11 is 0. The molecule has 0 bridgehead atoms. The molecule has 130 valence electrons. The first kappa shape index (κ1) is 17.1. The van der Waals surface area contributed by atoms with Crippen LogP contribution in [0.4, 0.5) is 4.39 Å². The molecule has 1 aromatic carbocycles. The van der Waals surface area contributed by atoms with E-state index in [1.54, 1.807) is 30.5 Å². The molecule has 0 atom stereocenters. The minimum atomic E-state index is -0.982. The highest BCUT2D eigenvalue weighted by Gasteiger charge is 2.56. The summed E-state index contributed by atoms with van der Waals surface area (Å²) < 4.78 is 13.6. The van der Waals surface area contributed by atoms with E-state index >= 15 is 0 Å². The molecular weight excluding hydrogens is 321 g/mol. The van der Waals surface area contributed by atoms with E-state index in [4.69, 9.17) is 0 Å². The molecule has 1 saturated carbocycles. The van der Waals surface area contributed by atoms with Crippen molar-refractivity contribution in [2.45, 2.75) is 25.8 Å². The predicted octanol–water partition coefficient (Wildman–Crippen LogP) is 1.98. The predicted molar refractivity (Wildman–Crippen MR) is 90.9 cm³/mol. The molecule has 25 heavy (non-hydrogen) atoms. The number of halogens is 1. The van der Waals surface area contributed by atoms with E-state index in [0.29, 0.717) is 37.9 Å². The lowest BCUT2D eigenvalue weighted by molar-refractivity contribution is -0.137. The van der Waals surface area contributed by atoms with Crippen molar-refractivity contribution >= 4 is 11.8 Å². The van der Waals surface area contributed by atoms with Crippen molar-refractivity contribution in [3.63, 3.8) is 0 Å². The SMILES string of the molecule is O=C(NCCc1ccccc1F)C1(C(=O)NCc2ccccn2)CC1. The molecular formula is C19H20FN3O2. The van der Waals surface area contributed by atoms with Gasteiger partial charge in [0.05, 0.1) is 12.2 Å². The van der Waals surface area contributed by atoms with Gasteiger partial charge in [-0.1, -0.05) is 24.3 Å². The lowest BCUT2D eigenvalue weighted by atomic mass is 10.0. The molecule has 0 spiro atoms. The maximum Gasteiger partial charge on any atom is 0.236 e. The average molecular weight is 341 g/mol. The number of nitrogens with zero attached hydrogens (tertiary/aromatic N) is 1. The molecule has 1 aliphatic carbocycles. The zero-order chi connectivity index (χ0) is 17.7. The second-order valence-corrected chi connectivity index (χ2v) is 6.18. The maximum atomic E-state index is 13.6. The summed E-state index contributed by atoms with van der Waals surface area (Å²) in [5.74, 6) is -0.852. The van der Waals surface area contributed by atoms with Gasteiger partial charge in [0, 0.05) is 12.7 Å². The minimum Gasteiger partial charge on any atom is -0.355 e. The first-order chi connectivity index (χ1) is 12.1. The standard InChI is InChI=1S/C19H20FN3O2/c20-16-7-2-1-5-14(16)8-12-22-17(24)19(9-10-19)18(25)23-13-15-6-3-4-11-21-15/h1-7,11H,8-10,12-13H2,(H,22,24)(H,23,25). The van der Waals surface area contributed by atoms with Gasteiger partial charge in [-0.25, -0.2) is 4.39 Å². The number of amides is 2. The fourth-order valence-electron chi connectivity index (χ4n) is 2.71. The lowest BCUT2D eigenvalue weighted by Gasteiger charge is -2.15. The number of hydrogen-bond acceptors (Lipinski definition) is 3. The Labute approximate surface area is 145 Å². The lowest BCUT2D eigenvalue weighted by Crippen LogP contribution is -2.43. The molecule has 0 aliphatic heterocycles. The van der Waals surface area contributed by atoms with Crippen LogP contribution in [0.1, 0.15) is 24.1 Å². The van der Waals surface area contributed by atoms with E-state index in [2.05, 4.69) is 15.6 Å². The summed E-state index contributed by atoms with van der Waals surface area (Å²) in [6, 6.07) is 11.9. The summed E-state index contributed by atoms with van der Waals surface area (Å²) in [4.78, 5) is 28.9. The molecule has 2 amide bonds. The van der Waals surface area contributed by atoms with E-state index < -0.39 is 5.41 Å². The Morgan fingerprint density at radius 1 is 1.04 bits per heavy atom. The van der Waals surface area contributed by atoms with Gasteiger partial charge in [0.1, 0.15) is 11.2 Å². The van der Waals surface area contributed by atoms with Gasteiger partial charge in [-0.3, -0.25) is 14.6 Å². The molecule has 0 saturated heterocycles. The Morgan fingerprint density at radius 2 is 1.76 bits per heavy atom. The van der Waals surface area contributed by atoms with Crippen LogP contribution in [-0.4, -0.2) is 23.3 Å². The van der Waals surface area contributed by atoms with Crippen molar-refractivity contribution in [3.8, 4) is 0 Å². The van der Waals surface area contributed by atoms with Gasteiger partial charge in [0.2, 0.25) is 11.8 Å². The molecule has 1 fully saturated rings. The third kappa shape index (κ3) is 4.02. The molecule has 5 nitrogen and oxygen atoms in total. The van der Waals surface area contributed by atoms with Crippen LogP contribution < -0.4 is 10.6 Å². The number of carbonyl (C=O) groups excluding carboxylic acids is 2. The maximum absolute atomic E-state index is 13.6. The van der Waals surface area contributed by atoms with Crippen LogP contribution in [0.3, 0.4) is 0 Å². The summed E-state index contributed by atoms with van der Waals surface area (Å²) in [7, 11) is 0. The third-order valence-corrected chi connectivity index (χ3v) is 4.41. The average Bonchev–Trinajstić information content (AvgIpc) is 3.44. The second-order valence-electron chi connectivity index (χ2n) is 6.18. The van der Waals surface area contributed by atoms with Crippen LogP contribution in [0.5, 0.6) is 0 Å². The number of carbonyl (C=O) groups is 2. The second kappa shape index (κ2) is 7.42. The molecule has 3 rings (SSSR count). The first-order valence-electron chi connectivity index (χ1n) is 8.32. The topological polar surface area (TPSA) is 71.1 Å². The highest BCUT2D eigenvalue weighted by atomic mass is 19.1. The van der Waals surface area contributed by atoms with Crippen LogP contribution >= 0.6 is 0 Å². The van der Waals surface area contributed by atoms with Crippen molar-refractivity contribution < 1.29 is 14.0 Å². The number of pyridine rings is 1. The molecule has 2 N–H and O–H groups in total. The Kier molecular flexibility index (Phi) is 5.07. The molecule has 2 aromatic rings. The fourth-order valence-corrected chi connectivity index (χ4v) is 2.71. The van der Waals surface area contributed by atoms with Crippen LogP contribution in [0, 0.1) is 11.2 Å². The van der Waals surface area contributed by atoms with E-state index in [1.807, 2.05) is 12.1 Å². The summed E-state index contributed by atoms with van der Waals surface area (Å²) in [5.41, 5.74) is 0.308. The van der Waals surface area contributed by atoms with E-state index in [9.17, 15) is 14.0 Å². The minimum absolute atomic E-state index is 0.276. The van der Waals surface area contributed by atoms with Crippen LogP contribution in [0.15, 0.2) is 48.7 Å². The molecule has 0 radical (unpaired) electrons. The molecule has 1 aliphatic rings. The highest BCUT2D eigenvalue weighted by molar-refractivity contribution is 6.07. The zero-order valence-electron chi connectivity index (χ0n) is 13.8. The smallest absolute Gasteiger partial charge is 0.236 e. The van der Waals surface area contributed by atoms with Crippen molar-refractivity contribution in [3.05, 3.63) is 65.7 Å². The summed E-state index contributed by atoms with van der Waals surface area (Å²) in [6.45, 7) is 0.596. The van der Waals surface area contributed by atoms with Crippen LogP contribution in [0.2, 0.25) is 0 Å². The number of aromatic nitrogens is 1. The fraction of sp³-hybridized carbons (Fsp3) is 0.316. The normalized spacial score (nSPS) is 14.6. The largest absolute Gasteiger partial charge is 0.355 e. The van der Waals surface area contributed by atoms with Gasteiger partial charge in [-0.15, -0.1) is 0 Å². The Bertz CT molecular complexity index is 760. The Balaban J connectivity index is 1.49. The summed E-state index contributed by atoms with van der Waals surface area (Å²) in [5, 5.41) is 5.54. The van der Waals surface area contributed by atoms with E-state index in [1.165, 1.54) is 6.07 Å². The third-order valence-electron chi connectivity index (χ3n) is 4.41. The monoisotopic (exact) mass is 341 g/mol. The quantitative estimate of drug-likeness (QED) is 0.757. The molecule has 0 unspecified atom stereocenters. The van der Waals surface area contributed by atoms with Gasteiger partial charge in [0.15, 0.2) is 0 Å². The van der Waals surface area contributed by atoms with Gasteiger partial charge in [-0.2, -0.15) is 0 Å². The van der Waals surface area contributed by atoms with Gasteiger partial charge >= 0.3 is 0 Å². The van der Waals surface area contributed by atoms with E-state index in [0.717, 1.165) is 5.69 Å². The molecule has 1 aromatic heterocycles. The number of nitrogens with one attached hydrogen (secondary N) is 2. The van der Waals surface area contributed by atoms with Crippen molar-refractivity contribution in [2.24, 2.45) is 5.41 Å². The van der Waals surface area contributed by atoms with Crippen molar-refractivity contribution in [1.82, 2.24) is 15.6 Å². The van der Waals surface area contributed by atoms with Crippen molar-refractivity contribution in [2.75, 3.05) is 6.54 Å². The van der Waals surface area contributed by atoms with Crippen LogP contribution in [0.25, 0.3) is 0 Å². The number of hydrogen-bond donors (Lipinski definition) is 2. The van der Waals surface area contributed by atoms with Gasteiger partial charge in [-0.05, 0) is 43.0 Å². The van der Waals surface area contributed by atoms with Crippen LogP contribution in [-0.2, 0) is 22.6 Å². The molecule has 1 heterocycles. The van der Waals surface area contributed by atoms with Gasteiger partial charge in [0.25, 0.3) is 0 Å². The van der Waals surface area contributed by atoms with Crippen molar-refractivity contribution in [1.29, 1.82) is 0 Å². The Hall–Kier alpha value is -2.76. The molecule has 6 heteroatoms.